The quantitative estimate of drug-likeness (QED) is 0.754. The number of rotatable bonds is 7. The number of benzene rings is 1. The first-order chi connectivity index (χ1) is 9.04. The van der Waals surface area contributed by atoms with E-state index in [1.807, 2.05) is 13.8 Å². The Morgan fingerprint density at radius 2 is 1.95 bits per heavy atom. The molecule has 1 aromatic carbocycles. The van der Waals surface area contributed by atoms with Crippen LogP contribution in [0, 0.1) is 0 Å². The molecule has 19 heavy (non-hydrogen) atoms. The topological polar surface area (TPSA) is 52.6 Å². The molecule has 0 spiro atoms. The van der Waals surface area contributed by atoms with Gasteiger partial charge < -0.3 is 14.6 Å². The van der Waals surface area contributed by atoms with Crippen LogP contribution in [0.1, 0.15) is 49.7 Å². The van der Waals surface area contributed by atoms with Crippen molar-refractivity contribution in [3.8, 4) is 5.75 Å². The molecule has 0 bridgehead atoms. The van der Waals surface area contributed by atoms with Gasteiger partial charge in [-0.3, -0.25) is 4.90 Å². The minimum Gasteiger partial charge on any atom is -0.545 e. The lowest BCUT2D eigenvalue weighted by Crippen LogP contribution is -2.30. The highest BCUT2D eigenvalue weighted by molar-refractivity contribution is 5.88. The Bertz CT molecular complexity index is 427. The molecule has 0 saturated carbocycles. The van der Waals surface area contributed by atoms with Crippen molar-refractivity contribution in [2.75, 3.05) is 19.7 Å². The number of hydrogen-bond acceptors (Lipinski definition) is 4. The number of hydrogen-bond donors (Lipinski definition) is 0. The van der Waals surface area contributed by atoms with E-state index in [0.717, 1.165) is 18.7 Å². The molecule has 0 amide bonds. The van der Waals surface area contributed by atoms with Crippen molar-refractivity contribution in [3.63, 3.8) is 0 Å². The monoisotopic (exact) mass is 264 g/mol. The highest BCUT2D eigenvalue weighted by Crippen LogP contribution is 2.27. The van der Waals surface area contributed by atoms with Crippen LogP contribution in [-0.4, -0.2) is 30.6 Å². The molecular formula is C15H22NO3-. The van der Waals surface area contributed by atoms with Crippen LogP contribution in [0.15, 0.2) is 18.2 Å². The van der Waals surface area contributed by atoms with E-state index in [2.05, 4.69) is 18.7 Å². The Labute approximate surface area is 115 Å². The minimum atomic E-state index is -1.14. The molecule has 1 rings (SSSR count). The standard InChI is InChI=1S/C15H23NO3/c1-5-16(6-2)11(4)14-10-12(19-7-3)8-9-13(14)15(17)18/h8-11H,5-7H2,1-4H3,(H,17,18)/p-1. The van der Waals surface area contributed by atoms with Gasteiger partial charge >= 0.3 is 0 Å². The predicted molar refractivity (Wildman–Crippen MR) is 73.3 cm³/mol. The highest BCUT2D eigenvalue weighted by atomic mass is 16.5. The third-order valence-electron chi connectivity index (χ3n) is 3.36. The lowest BCUT2D eigenvalue weighted by molar-refractivity contribution is -0.255. The van der Waals surface area contributed by atoms with Gasteiger partial charge in [-0.15, -0.1) is 0 Å². The van der Waals surface area contributed by atoms with Crippen LogP contribution in [0.4, 0.5) is 0 Å². The van der Waals surface area contributed by atoms with Gasteiger partial charge in [0.15, 0.2) is 0 Å². The number of carboxylic acid groups (broad SMARTS) is 1. The Morgan fingerprint density at radius 1 is 1.32 bits per heavy atom. The zero-order valence-electron chi connectivity index (χ0n) is 12.1. The fourth-order valence-electron chi connectivity index (χ4n) is 2.30. The molecule has 0 saturated heterocycles. The lowest BCUT2D eigenvalue weighted by Gasteiger charge is -2.29. The number of ether oxygens (including phenoxy) is 1. The summed E-state index contributed by atoms with van der Waals surface area (Å²) >= 11 is 0. The van der Waals surface area contributed by atoms with Gasteiger partial charge in [0.25, 0.3) is 0 Å². The van der Waals surface area contributed by atoms with E-state index in [4.69, 9.17) is 4.74 Å². The first-order valence-corrected chi connectivity index (χ1v) is 6.77. The average Bonchev–Trinajstić information content (AvgIpc) is 2.40. The van der Waals surface area contributed by atoms with Crippen LogP contribution in [0.25, 0.3) is 0 Å². The van der Waals surface area contributed by atoms with Gasteiger partial charge in [0, 0.05) is 11.6 Å². The van der Waals surface area contributed by atoms with Crippen molar-refractivity contribution in [2.45, 2.75) is 33.7 Å². The van der Waals surface area contributed by atoms with Crippen molar-refractivity contribution >= 4 is 5.97 Å². The van der Waals surface area contributed by atoms with Gasteiger partial charge in [-0.1, -0.05) is 13.8 Å². The summed E-state index contributed by atoms with van der Waals surface area (Å²) in [5.41, 5.74) is 0.984. The molecule has 0 N–H and O–H groups in total. The molecule has 1 unspecified atom stereocenters. The molecule has 4 heteroatoms. The summed E-state index contributed by atoms with van der Waals surface area (Å²) in [7, 11) is 0. The SMILES string of the molecule is CCOc1ccc(C(=O)[O-])c(C(C)N(CC)CC)c1. The molecule has 1 atom stereocenters. The van der Waals surface area contributed by atoms with Crippen molar-refractivity contribution < 1.29 is 14.6 Å². The smallest absolute Gasteiger partial charge is 0.119 e. The second kappa shape index (κ2) is 7.14. The summed E-state index contributed by atoms with van der Waals surface area (Å²) in [5.74, 6) is -0.446. The van der Waals surface area contributed by atoms with E-state index in [1.165, 1.54) is 0 Å². The fraction of sp³-hybridized carbons (Fsp3) is 0.533. The van der Waals surface area contributed by atoms with Crippen LogP contribution < -0.4 is 9.84 Å². The molecular weight excluding hydrogens is 242 g/mol. The van der Waals surface area contributed by atoms with Crippen LogP contribution in [-0.2, 0) is 0 Å². The number of carboxylic acids is 1. The largest absolute Gasteiger partial charge is 0.545 e. The summed E-state index contributed by atoms with van der Waals surface area (Å²) < 4.78 is 5.45. The molecule has 0 aromatic heterocycles. The van der Waals surface area contributed by atoms with Gasteiger partial charge in [0.05, 0.1) is 12.6 Å². The van der Waals surface area contributed by atoms with Crippen LogP contribution in [0.3, 0.4) is 0 Å². The second-order valence-electron chi connectivity index (χ2n) is 4.37. The summed E-state index contributed by atoms with van der Waals surface area (Å²) in [5, 5.41) is 11.2. The molecule has 0 aliphatic heterocycles. The van der Waals surface area contributed by atoms with Crippen LogP contribution in [0.2, 0.25) is 0 Å². The van der Waals surface area contributed by atoms with Crippen molar-refractivity contribution in [3.05, 3.63) is 29.3 Å². The van der Waals surface area contributed by atoms with Gasteiger partial charge in [0.1, 0.15) is 5.75 Å². The van der Waals surface area contributed by atoms with E-state index >= 15 is 0 Å². The highest BCUT2D eigenvalue weighted by Gasteiger charge is 2.17. The van der Waals surface area contributed by atoms with Gasteiger partial charge in [-0.05, 0) is 50.7 Å². The molecule has 1 aromatic rings. The molecule has 0 aliphatic carbocycles. The van der Waals surface area contributed by atoms with E-state index in [0.29, 0.717) is 12.4 Å². The second-order valence-corrected chi connectivity index (χ2v) is 4.37. The predicted octanol–water partition coefficient (Wildman–Crippen LogP) is 1.85. The first kappa shape index (κ1) is 15.5. The normalized spacial score (nSPS) is 12.5. The minimum absolute atomic E-state index is 0.0170. The van der Waals surface area contributed by atoms with E-state index in [9.17, 15) is 9.90 Å². The van der Waals surface area contributed by atoms with Gasteiger partial charge in [0.2, 0.25) is 0 Å². The fourth-order valence-corrected chi connectivity index (χ4v) is 2.30. The Balaban J connectivity index is 3.19. The number of aromatic carboxylic acids is 1. The molecule has 0 radical (unpaired) electrons. The van der Waals surface area contributed by atoms with Gasteiger partial charge in [-0.2, -0.15) is 0 Å². The summed E-state index contributed by atoms with van der Waals surface area (Å²) in [6, 6.07) is 5.06. The van der Waals surface area contributed by atoms with Crippen LogP contribution in [0.5, 0.6) is 5.75 Å². The maximum absolute atomic E-state index is 11.2. The molecule has 0 fully saturated rings. The van der Waals surface area contributed by atoms with Gasteiger partial charge in [-0.25, -0.2) is 0 Å². The number of carbonyl (C=O) groups excluding carboxylic acids is 1. The summed E-state index contributed by atoms with van der Waals surface area (Å²) in [6.45, 7) is 10.3. The Kier molecular flexibility index (Phi) is 5.83. The van der Waals surface area contributed by atoms with E-state index < -0.39 is 5.97 Å². The number of nitrogens with zero attached hydrogens (tertiary/aromatic N) is 1. The molecule has 4 nitrogen and oxygen atoms in total. The van der Waals surface area contributed by atoms with Crippen molar-refractivity contribution in [2.24, 2.45) is 0 Å². The zero-order chi connectivity index (χ0) is 14.4. The van der Waals surface area contributed by atoms with Crippen molar-refractivity contribution in [1.29, 1.82) is 0 Å². The molecule has 0 aliphatic rings. The average molecular weight is 264 g/mol. The third-order valence-corrected chi connectivity index (χ3v) is 3.36. The lowest BCUT2D eigenvalue weighted by atomic mass is 9.99. The Hall–Kier alpha value is -1.55. The third kappa shape index (κ3) is 3.70. The summed E-state index contributed by atoms with van der Waals surface area (Å²) in [4.78, 5) is 13.4. The first-order valence-electron chi connectivity index (χ1n) is 6.77. The zero-order valence-corrected chi connectivity index (χ0v) is 12.1. The molecule has 106 valence electrons. The summed E-state index contributed by atoms with van der Waals surface area (Å²) in [6.07, 6.45) is 0. The van der Waals surface area contributed by atoms with Crippen LogP contribution >= 0.6 is 0 Å². The van der Waals surface area contributed by atoms with Crippen molar-refractivity contribution in [1.82, 2.24) is 4.90 Å². The maximum Gasteiger partial charge on any atom is 0.119 e. The maximum atomic E-state index is 11.2. The van der Waals surface area contributed by atoms with E-state index in [1.54, 1.807) is 18.2 Å². The van der Waals surface area contributed by atoms with E-state index in [-0.39, 0.29) is 11.6 Å². The Morgan fingerprint density at radius 3 is 2.42 bits per heavy atom. The molecule has 0 heterocycles. The number of carbonyl (C=O) groups is 1.